The molecule has 182 valence electrons. The number of nitrogens with zero attached hydrogens (tertiary/aromatic N) is 2. The lowest BCUT2D eigenvalue weighted by Crippen LogP contribution is -2.29. The summed E-state index contributed by atoms with van der Waals surface area (Å²) in [5.74, 6) is -0.987. The van der Waals surface area contributed by atoms with Crippen molar-refractivity contribution in [1.29, 1.82) is 0 Å². The lowest BCUT2D eigenvalue weighted by molar-refractivity contribution is -0.132. The normalized spacial score (nSPS) is 17.8. The van der Waals surface area contributed by atoms with Crippen LogP contribution >= 0.6 is 11.3 Å². The second-order valence-electron chi connectivity index (χ2n) is 9.64. The van der Waals surface area contributed by atoms with Gasteiger partial charge in [0.25, 0.3) is 5.78 Å². The molecular weight excluding hydrogens is 460 g/mol. The van der Waals surface area contributed by atoms with Crippen LogP contribution in [0.25, 0.3) is 5.76 Å². The molecule has 0 radical (unpaired) electrons. The molecule has 1 aliphatic rings. The van der Waals surface area contributed by atoms with Crippen LogP contribution in [0.1, 0.15) is 61.0 Å². The van der Waals surface area contributed by atoms with E-state index in [1.54, 1.807) is 24.3 Å². The van der Waals surface area contributed by atoms with Crippen molar-refractivity contribution < 1.29 is 19.4 Å². The van der Waals surface area contributed by atoms with E-state index in [-0.39, 0.29) is 16.7 Å². The molecule has 3 aromatic rings. The van der Waals surface area contributed by atoms with Crippen LogP contribution in [0.15, 0.2) is 54.1 Å². The van der Waals surface area contributed by atoms with E-state index in [1.807, 2.05) is 45.0 Å². The number of amides is 1. The Morgan fingerprint density at radius 2 is 1.69 bits per heavy atom. The summed E-state index contributed by atoms with van der Waals surface area (Å²) in [6.07, 6.45) is 0. The maximum Gasteiger partial charge on any atom is 0.301 e. The quantitative estimate of drug-likeness (QED) is 0.266. The van der Waals surface area contributed by atoms with Gasteiger partial charge in [-0.05, 0) is 61.6 Å². The number of benzene rings is 2. The molecule has 1 aromatic heterocycles. The van der Waals surface area contributed by atoms with Crippen molar-refractivity contribution in [1.82, 2.24) is 4.98 Å². The average Bonchev–Trinajstić information content (AvgIpc) is 3.28. The lowest BCUT2D eigenvalue weighted by atomic mass is 9.85. The number of aliphatic hydroxyl groups is 1. The minimum absolute atomic E-state index is 0.0492. The fourth-order valence-electron chi connectivity index (χ4n) is 4.10. The van der Waals surface area contributed by atoms with Crippen molar-refractivity contribution in [3.05, 3.63) is 81.4 Å². The van der Waals surface area contributed by atoms with Gasteiger partial charge in [-0.1, -0.05) is 45.0 Å². The van der Waals surface area contributed by atoms with Crippen molar-refractivity contribution in [2.24, 2.45) is 0 Å². The smallest absolute Gasteiger partial charge is 0.301 e. The monoisotopic (exact) mass is 490 g/mol. The molecule has 0 unspecified atom stereocenters. The summed E-state index contributed by atoms with van der Waals surface area (Å²) >= 11 is 1.36. The number of anilines is 1. The Hall–Kier alpha value is -3.45. The largest absolute Gasteiger partial charge is 0.507 e. The molecule has 1 aliphatic heterocycles. The molecule has 6 nitrogen and oxygen atoms in total. The minimum atomic E-state index is -0.791. The summed E-state index contributed by atoms with van der Waals surface area (Å²) in [7, 11) is 0. The van der Waals surface area contributed by atoms with Gasteiger partial charge in [0.1, 0.15) is 11.5 Å². The van der Waals surface area contributed by atoms with Crippen molar-refractivity contribution in [2.45, 2.75) is 53.0 Å². The van der Waals surface area contributed by atoms with E-state index in [0.29, 0.717) is 23.1 Å². The van der Waals surface area contributed by atoms with Gasteiger partial charge in [0.05, 0.1) is 23.9 Å². The Balaban J connectivity index is 1.88. The van der Waals surface area contributed by atoms with Crippen LogP contribution in [0.3, 0.4) is 0 Å². The van der Waals surface area contributed by atoms with E-state index in [9.17, 15) is 14.7 Å². The first-order chi connectivity index (χ1) is 16.5. The number of aromatic nitrogens is 1. The fraction of sp³-hybridized carbons (Fsp3) is 0.321. The van der Waals surface area contributed by atoms with Crippen LogP contribution in [0.5, 0.6) is 5.75 Å². The lowest BCUT2D eigenvalue weighted by Gasteiger charge is -2.25. The first kappa shape index (κ1) is 24.7. The maximum atomic E-state index is 13.3. The molecule has 4 rings (SSSR count). The van der Waals surface area contributed by atoms with Gasteiger partial charge in [-0.3, -0.25) is 14.5 Å². The molecule has 1 amide bonds. The SMILES string of the molecule is CCOc1ccc(C(O)=C2C(=O)C(=O)N(c3nc(C)c(C)s3)[C@H]2c2ccc(C(C)(C)C)cc2)cc1. The van der Waals surface area contributed by atoms with E-state index >= 15 is 0 Å². The van der Waals surface area contributed by atoms with E-state index < -0.39 is 17.7 Å². The number of ketones is 1. The molecule has 0 saturated carbocycles. The Morgan fingerprint density at radius 1 is 1.06 bits per heavy atom. The van der Waals surface area contributed by atoms with Crippen molar-refractivity contribution >= 4 is 33.9 Å². The highest BCUT2D eigenvalue weighted by Gasteiger charge is 2.48. The minimum Gasteiger partial charge on any atom is -0.507 e. The number of aliphatic hydroxyl groups excluding tert-OH is 1. The molecule has 35 heavy (non-hydrogen) atoms. The molecule has 7 heteroatoms. The second-order valence-corrected chi connectivity index (χ2v) is 10.8. The molecule has 0 aliphatic carbocycles. The summed E-state index contributed by atoms with van der Waals surface area (Å²) in [6.45, 7) is 12.6. The molecule has 1 N–H and O–H groups in total. The van der Waals surface area contributed by atoms with Crippen molar-refractivity contribution in [3.8, 4) is 5.75 Å². The first-order valence-electron chi connectivity index (χ1n) is 11.6. The van der Waals surface area contributed by atoms with Crippen LogP contribution in [-0.4, -0.2) is 28.4 Å². The number of carbonyl (C=O) groups is 2. The highest BCUT2D eigenvalue weighted by Crippen LogP contribution is 2.44. The molecular formula is C28H30N2O4S. The van der Waals surface area contributed by atoms with Crippen molar-refractivity contribution in [2.75, 3.05) is 11.5 Å². The molecule has 0 bridgehead atoms. The fourth-order valence-corrected chi connectivity index (χ4v) is 5.04. The van der Waals surface area contributed by atoms with Gasteiger partial charge in [0.2, 0.25) is 0 Å². The second kappa shape index (κ2) is 9.30. The van der Waals surface area contributed by atoms with Gasteiger partial charge in [0.15, 0.2) is 5.13 Å². The zero-order chi connectivity index (χ0) is 25.5. The number of rotatable bonds is 5. The third kappa shape index (κ3) is 4.60. The summed E-state index contributed by atoms with van der Waals surface area (Å²) in [5.41, 5.74) is 3.11. The predicted molar refractivity (Wildman–Crippen MR) is 139 cm³/mol. The highest BCUT2D eigenvalue weighted by atomic mass is 32.1. The van der Waals surface area contributed by atoms with Crippen LogP contribution in [0.4, 0.5) is 5.13 Å². The standard InChI is InChI=1S/C28H30N2O4S/c1-7-34-21-14-10-19(11-15-21)24(31)22-23(18-8-12-20(13-9-18)28(4,5)6)30(26(33)25(22)32)27-29-16(2)17(3)35-27/h8-15,23,31H,7H2,1-6H3/t23-/m0/s1. The highest BCUT2D eigenvalue weighted by molar-refractivity contribution is 7.16. The number of Topliss-reactive ketones (excluding diaryl/α,β-unsaturated/α-hetero) is 1. The third-order valence-corrected chi connectivity index (χ3v) is 7.27. The number of carbonyl (C=O) groups excluding carboxylic acids is 2. The summed E-state index contributed by atoms with van der Waals surface area (Å²) in [4.78, 5) is 33.6. The molecule has 1 atom stereocenters. The van der Waals surface area contributed by atoms with E-state index in [2.05, 4.69) is 25.8 Å². The maximum absolute atomic E-state index is 13.3. The zero-order valence-electron chi connectivity index (χ0n) is 20.9. The van der Waals surface area contributed by atoms with E-state index in [0.717, 1.165) is 21.7 Å². The third-order valence-electron chi connectivity index (χ3n) is 6.20. The van der Waals surface area contributed by atoms with E-state index in [4.69, 9.17) is 4.74 Å². The van der Waals surface area contributed by atoms with Crippen LogP contribution in [-0.2, 0) is 15.0 Å². The number of hydrogen-bond donors (Lipinski definition) is 1. The van der Waals surface area contributed by atoms with Gasteiger partial charge >= 0.3 is 5.91 Å². The Labute approximate surface area is 209 Å². The van der Waals surface area contributed by atoms with Gasteiger partial charge in [0, 0.05) is 10.4 Å². The molecule has 2 aromatic carbocycles. The predicted octanol–water partition coefficient (Wildman–Crippen LogP) is 6.08. The number of thiazole rings is 1. The summed E-state index contributed by atoms with van der Waals surface area (Å²) < 4.78 is 5.49. The van der Waals surface area contributed by atoms with E-state index in [1.165, 1.54) is 16.2 Å². The topological polar surface area (TPSA) is 79.7 Å². The molecule has 0 spiro atoms. The Kier molecular flexibility index (Phi) is 6.56. The molecule has 2 heterocycles. The number of aryl methyl sites for hydroxylation is 2. The molecule has 1 fully saturated rings. The van der Waals surface area contributed by atoms with Crippen LogP contribution < -0.4 is 9.64 Å². The Morgan fingerprint density at radius 3 is 2.20 bits per heavy atom. The van der Waals surface area contributed by atoms with Crippen LogP contribution in [0, 0.1) is 13.8 Å². The van der Waals surface area contributed by atoms with Gasteiger partial charge in [-0.25, -0.2) is 4.98 Å². The zero-order valence-corrected chi connectivity index (χ0v) is 21.7. The van der Waals surface area contributed by atoms with Gasteiger partial charge in [-0.2, -0.15) is 0 Å². The average molecular weight is 491 g/mol. The van der Waals surface area contributed by atoms with Crippen LogP contribution in [0.2, 0.25) is 0 Å². The number of hydrogen-bond acceptors (Lipinski definition) is 6. The van der Waals surface area contributed by atoms with Crippen molar-refractivity contribution in [3.63, 3.8) is 0 Å². The number of ether oxygens (including phenoxy) is 1. The van der Waals surface area contributed by atoms with Gasteiger partial charge < -0.3 is 9.84 Å². The summed E-state index contributed by atoms with van der Waals surface area (Å²) in [5, 5.41) is 11.7. The molecule has 1 saturated heterocycles. The summed E-state index contributed by atoms with van der Waals surface area (Å²) in [6, 6.07) is 13.9. The Bertz CT molecular complexity index is 1280. The van der Waals surface area contributed by atoms with Gasteiger partial charge in [-0.15, -0.1) is 11.3 Å². The first-order valence-corrected chi connectivity index (χ1v) is 12.4.